The zero-order chi connectivity index (χ0) is 21.1. The Labute approximate surface area is 178 Å². The van der Waals surface area contributed by atoms with E-state index in [9.17, 15) is 4.79 Å². The lowest BCUT2D eigenvalue weighted by Gasteiger charge is -2.02. The summed E-state index contributed by atoms with van der Waals surface area (Å²) in [5.74, 6) is -0.655. The Kier molecular flexibility index (Phi) is 30.4. The molecule has 0 spiro atoms. The number of hydrogen-bond acceptors (Lipinski definition) is 1. The van der Waals surface area contributed by atoms with E-state index in [0.717, 1.165) is 12.8 Å². The Morgan fingerprint density at radius 2 is 0.643 bits per heavy atom. The normalized spacial score (nSPS) is 10.5. The van der Waals surface area contributed by atoms with Gasteiger partial charge in [-0.1, -0.05) is 149 Å². The van der Waals surface area contributed by atoms with Crippen LogP contribution in [0.5, 0.6) is 0 Å². The van der Waals surface area contributed by atoms with Crippen molar-refractivity contribution in [3.05, 3.63) is 0 Å². The quantitative estimate of drug-likeness (QED) is 0.195. The highest BCUT2D eigenvalue weighted by Gasteiger charge is 1.96. The highest BCUT2D eigenvalue weighted by Crippen LogP contribution is 2.12. The Hall–Kier alpha value is -0.530. The van der Waals surface area contributed by atoms with Gasteiger partial charge in [-0.05, 0) is 6.42 Å². The molecule has 0 aromatic rings. The summed E-state index contributed by atoms with van der Waals surface area (Å²) in [6.45, 7) is 6.80. The number of aliphatic carboxylic acids is 1. The molecule has 2 nitrogen and oxygen atoms in total. The van der Waals surface area contributed by atoms with Crippen molar-refractivity contribution >= 4 is 5.97 Å². The maximum absolute atomic E-state index is 10.3. The van der Waals surface area contributed by atoms with Crippen molar-refractivity contribution in [2.45, 2.75) is 162 Å². The maximum atomic E-state index is 10.3. The highest BCUT2D eigenvalue weighted by molar-refractivity contribution is 5.66. The largest absolute Gasteiger partial charge is 0.481 e. The third kappa shape index (κ3) is 33.1. The molecule has 170 valence electrons. The van der Waals surface area contributed by atoms with Gasteiger partial charge in [-0.15, -0.1) is 0 Å². The van der Waals surface area contributed by atoms with Crippen LogP contribution in [-0.4, -0.2) is 11.1 Å². The van der Waals surface area contributed by atoms with E-state index in [1.165, 1.54) is 122 Å². The van der Waals surface area contributed by atoms with Crippen LogP contribution in [-0.2, 0) is 4.79 Å². The summed E-state index contributed by atoms with van der Waals surface area (Å²) in [6, 6.07) is 0. The number of hydrogen-bond donors (Lipinski definition) is 1. The summed E-state index contributed by atoms with van der Waals surface area (Å²) in [5, 5.41) is 8.49. The number of carboxylic acids is 1. The topological polar surface area (TPSA) is 37.3 Å². The van der Waals surface area contributed by atoms with Crippen LogP contribution in [0.25, 0.3) is 0 Å². The number of rotatable bonds is 21. The molecule has 0 unspecified atom stereocenters. The molecule has 1 N–H and O–H groups in total. The highest BCUT2D eigenvalue weighted by atomic mass is 16.4. The molecule has 0 heterocycles. The van der Waals surface area contributed by atoms with E-state index in [4.69, 9.17) is 5.11 Å². The van der Waals surface area contributed by atoms with Gasteiger partial charge in [0.05, 0.1) is 0 Å². The first-order valence-corrected chi connectivity index (χ1v) is 12.9. The molecular weight excluding hydrogens is 344 g/mol. The molecule has 0 aliphatic heterocycles. The van der Waals surface area contributed by atoms with Gasteiger partial charge in [0.25, 0.3) is 0 Å². The molecule has 0 bridgehead atoms. The second kappa shape index (κ2) is 28.7. The lowest BCUT2D eigenvalue weighted by atomic mass is 10.0. The summed E-state index contributed by atoms with van der Waals surface area (Å²) < 4.78 is 0. The first kappa shape index (κ1) is 29.7. The smallest absolute Gasteiger partial charge is 0.303 e. The zero-order valence-corrected chi connectivity index (χ0v) is 19.9. The van der Waals surface area contributed by atoms with Crippen molar-refractivity contribution in [3.8, 4) is 0 Å². The average Bonchev–Trinajstić information content (AvgIpc) is 2.68. The van der Waals surface area contributed by atoms with Crippen molar-refractivity contribution in [2.75, 3.05) is 0 Å². The van der Waals surface area contributed by atoms with Gasteiger partial charge in [0.15, 0.2) is 0 Å². The fraction of sp³-hybridized carbons (Fsp3) is 0.962. The predicted molar refractivity (Wildman–Crippen MR) is 126 cm³/mol. The van der Waals surface area contributed by atoms with Crippen LogP contribution in [0.2, 0.25) is 0 Å². The molecule has 0 radical (unpaired) electrons. The Morgan fingerprint density at radius 3 is 0.857 bits per heavy atom. The van der Waals surface area contributed by atoms with Crippen LogP contribution in [0.15, 0.2) is 0 Å². The number of carbonyl (C=O) groups is 1. The monoisotopic (exact) mass is 398 g/mol. The lowest BCUT2D eigenvalue weighted by molar-refractivity contribution is -0.137. The van der Waals surface area contributed by atoms with Crippen LogP contribution < -0.4 is 0 Å². The van der Waals surface area contributed by atoms with Gasteiger partial charge in [-0.3, -0.25) is 4.79 Å². The van der Waals surface area contributed by atoms with Gasteiger partial charge >= 0.3 is 5.97 Å². The summed E-state index contributed by atoms with van der Waals surface area (Å²) in [6.07, 6.45) is 28.7. The SMILES string of the molecule is CCCCCCCCCC.CCCCCCCCCCCCCCCC(=O)O. The van der Waals surface area contributed by atoms with Crippen LogP contribution in [0.1, 0.15) is 162 Å². The molecule has 0 aromatic heterocycles. The van der Waals surface area contributed by atoms with Crippen molar-refractivity contribution < 1.29 is 9.90 Å². The fourth-order valence-electron chi connectivity index (χ4n) is 3.50. The zero-order valence-electron chi connectivity index (χ0n) is 19.9. The molecule has 0 saturated carbocycles. The molecule has 0 rings (SSSR count). The second-order valence-electron chi connectivity index (χ2n) is 8.51. The van der Waals surface area contributed by atoms with E-state index < -0.39 is 5.97 Å². The summed E-state index contributed by atoms with van der Waals surface area (Å²) in [7, 11) is 0. The molecule has 0 amide bonds. The van der Waals surface area contributed by atoms with E-state index in [2.05, 4.69) is 20.8 Å². The van der Waals surface area contributed by atoms with Crippen LogP contribution in [0, 0.1) is 0 Å². The fourth-order valence-corrected chi connectivity index (χ4v) is 3.50. The minimum absolute atomic E-state index is 0.345. The van der Waals surface area contributed by atoms with Gasteiger partial charge in [-0.2, -0.15) is 0 Å². The van der Waals surface area contributed by atoms with Crippen molar-refractivity contribution in [1.29, 1.82) is 0 Å². The van der Waals surface area contributed by atoms with Crippen LogP contribution >= 0.6 is 0 Å². The molecular formula is C26H54O2. The molecule has 0 aliphatic carbocycles. The first-order chi connectivity index (χ1) is 13.7. The first-order valence-electron chi connectivity index (χ1n) is 12.9. The third-order valence-corrected chi connectivity index (χ3v) is 5.45. The average molecular weight is 399 g/mol. The minimum atomic E-state index is -0.655. The van der Waals surface area contributed by atoms with Gasteiger partial charge in [0.1, 0.15) is 0 Å². The Bertz CT molecular complexity index is 268. The van der Waals surface area contributed by atoms with Gasteiger partial charge in [-0.25, -0.2) is 0 Å². The van der Waals surface area contributed by atoms with Gasteiger partial charge in [0.2, 0.25) is 0 Å². The Morgan fingerprint density at radius 1 is 0.429 bits per heavy atom. The molecule has 0 aliphatic rings. The summed E-state index contributed by atoms with van der Waals surface area (Å²) >= 11 is 0. The second-order valence-corrected chi connectivity index (χ2v) is 8.51. The van der Waals surface area contributed by atoms with Crippen molar-refractivity contribution in [3.63, 3.8) is 0 Å². The van der Waals surface area contributed by atoms with Crippen LogP contribution in [0.3, 0.4) is 0 Å². The van der Waals surface area contributed by atoms with Crippen molar-refractivity contribution in [1.82, 2.24) is 0 Å². The Balaban J connectivity index is 0. The summed E-state index contributed by atoms with van der Waals surface area (Å²) in [4.78, 5) is 10.3. The van der Waals surface area contributed by atoms with Crippen LogP contribution in [0.4, 0.5) is 0 Å². The molecule has 0 aromatic carbocycles. The molecule has 0 saturated heterocycles. The van der Waals surface area contributed by atoms with E-state index in [1.54, 1.807) is 0 Å². The lowest BCUT2D eigenvalue weighted by Crippen LogP contribution is -1.93. The van der Waals surface area contributed by atoms with E-state index in [-0.39, 0.29) is 0 Å². The van der Waals surface area contributed by atoms with Gasteiger partial charge in [0, 0.05) is 6.42 Å². The minimum Gasteiger partial charge on any atom is -0.481 e. The number of carboxylic acid groups (broad SMARTS) is 1. The van der Waals surface area contributed by atoms with Crippen molar-refractivity contribution in [2.24, 2.45) is 0 Å². The molecule has 28 heavy (non-hydrogen) atoms. The van der Waals surface area contributed by atoms with E-state index in [0.29, 0.717) is 6.42 Å². The molecule has 0 fully saturated rings. The summed E-state index contributed by atoms with van der Waals surface area (Å²) in [5.41, 5.74) is 0. The third-order valence-electron chi connectivity index (χ3n) is 5.45. The van der Waals surface area contributed by atoms with Gasteiger partial charge < -0.3 is 5.11 Å². The standard InChI is InChI=1S/C16H32O2.C10H22/c1-2-3-4-5-6-7-8-9-10-11-12-13-14-15-16(17)18;1-3-5-7-9-10-8-6-4-2/h2-15H2,1H3,(H,17,18);3-10H2,1-2H3. The number of unbranched alkanes of at least 4 members (excludes halogenated alkanes) is 19. The molecule has 0 atom stereocenters. The predicted octanol–water partition coefficient (Wildman–Crippen LogP) is 9.70. The maximum Gasteiger partial charge on any atom is 0.303 e. The molecule has 2 heteroatoms. The van der Waals surface area contributed by atoms with E-state index in [1.807, 2.05) is 0 Å². The van der Waals surface area contributed by atoms with E-state index >= 15 is 0 Å².